The van der Waals surface area contributed by atoms with E-state index in [4.69, 9.17) is 0 Å². The topological polar surface area (TPSA) is 37.4 Å². The molecule has 0 saturated carbocycles. The number of Topliss-reactive ketones (excluding diaryl/α,β-unsaturated/α-hetero) is 1. The molecule has 1 aliphatic heterocycles. The lowest BCUT2D eigenvalue weighted by atomic mass is 10.0. The summed E-state index contributed by atoms with van der Waals surface area (Å²) in [6.07, 6.45) is 1.61. The van der Waals surface area contributed by atoms with E-state index in [0.29, 0.717) is 12.3 Å². The summed E-state index contributed by atoms with van der Waals surface area (Å²) in [5, 5.41) is 0. The zero-order valence-corrected chi connectivity index (χ0v) is 9.25. The van der Waals surface area contributed by atoms with Crippen LogP contribution < -0.4 is 0 Å². The third-order valence-electron chi connectivity index (χ3n) is 2.67. The van der Waals surface area contributed by atoms with E-state index >= 15 is 0 Å². The normalized spacial score (nSPS) is 21.7. The third kappa shape index (κ3) is 2.82. The van der Waals surface area contributed by atoms with Crippen LogP contribution in [-0.2, 0) is 9.59 Å². The lowest BCUT2D eigenvalue weighted by Crippen LogP contribution is -2.32. The van der Waals surface area contributed by atoms with E-state index in [1.54, 1.807) is 6.92 Å². The SMILES string of the molecule is CC(=O)CC1CCN(C(=O)C(C)C)C1. The lowest BCUT2D eigenvalue weighted by molar-refractivity contribution is -0.133. The highest BCUT2D eigenvalue weighted by Gasteiger charge is 2.27. The van der Waals surface area contributed by atoms with Gasteiger partial charge in [0, 0.05) is 25.4 Å². The molecule has 3 heteroatoms. The van der Waals surface area contributed by atoms with Gasteiger partial charge in [-0.15, -0.1) is 0 Å². The van der Waals surface area contributed by atoms with Crippen LogP contribution in [0.1, 0.15) is 33.6 Å². The molecular weight excluding hydrogens is 178 g/mol. The van der Waals surface area contributed by atoms with Gasteiger partial charge < -0.3 is 9.69 Å². The Bertz CT molecular complexity index is 235. The van der Waals surface area contributed by atoms with Gasteiger partial charge >= 0.3 is 0 Å². The van der Waals surface area contributed by atoms with Crippen LogP contribution >= 0.6 is 0 Å². The number of amides is 1. The maximum Gasteiger partial charge on any atom is 0.225 e. The van der Waals surface area contributed by atoms with Crippen molar-refractivity contribution in [2.75, 3.05) is 13.1 Å². The molecule has 0 aromatic carbocycles. The van der Waals surface area contributed by atoms with Crippen molar-refractivity contribution < 1.29 is 9.59 Å². The Kier molecular flexibility index (Phi) is 3.67. The molecular formula is C11H19NO2. The molecule has 1 heterocycles. The molecule has 1 aliphatic rings. The van der Waals surface area contributed by atoms with Crippen LogP contribution in [-0.4, -0.2) is 29.7 Å². The monoisotopic (exact) mass is 197 g/mol. The number of hydrogen-bond acceptors (Lipinski definition) is 2. The van der Waals surface area contributed by atoms with Crippen molar-refractivity contribution in [3.63, 3.8) is 0 Å². The molecule has 1 fully saturated rings. The van der Waals surface area contributed by atoms with Gasteiger partial charge in [-0.25, -0.2) is 0 Å². The van der Waals surface area contributed by atoms with Crippen molar-refractivity contribution in [3.8, 4) is 0 Å². The minimum Gasteiger partial charge on any atom is -0.342 e. The van der Waals surface area contributed by atoms with E-state index in [-0.39, 0.29) is 17.6 Å². The number of carbonyl (C=O) groups is 2. The fraction of sp³-hybridized carbons (Fsp3) is 0.818. The fourth-order valence-electron chi connectivity index (χ4n) is 1.97. The lowest BCUT2D eigenvalue weighted by Gasteiger charge is -2.18. The number of hydrogen-bond donors (Lipinski definition) is 0. The third-order valence-corrected chi connectivity index (χ3v) is 2.67. The van der Waals surface area contributed by atoms with Crippen molar-refractivity contribution in [2.45, 2.75) is 33.6 Å². The zero-order valence-electron chi connectivity index (χ0n) is 9.25. The van der Waals surface area contributed by atoms with Gasteiger partial charge in [0.1, 0.15) is 5.78 Å². The number of nitrogens with zero attached hydrogens (tertiary/aromatic N) is 1. The minimum atomic E-state index is 0.0751. The number of carbonyl (C=O) groups excluding carboxylic acids is 2. The van der Waals surface area contributed by atoms with Gasteiger partial charge in [-0.1, -0.05) is 13.8 Å². The summed E-state index contributed by atoms with van der Waals surface area (Å²) >= 11 is 0. The van der Waals surface area contributed by atoms with Gasteiger partial charge in [0.25, 0.3) is 0 Å². The Hall–Kier alpha value is -0.860. The quantitative estimate of drug-likeness (QED) is 0.687. The number of likely N-dealkylation sites (tertiary alicyclic amines) is 1. The second kappa shape index (κ2) is 4.58. The van der Waals surface area contributed by atoms with Gasteiger partial charge in [0.05, 0.1) is 0 Å². The van der Waals surface area contributed by atoms with Gasteiger partial charge in [-0.3, -0.25) is 4.79 Å². The summed E-state index contributed by atoms with van der Waals surface area (Å²) in [6.45, 7) is 7.06. The Morgan fingerprint density at radius 2 is 2.07 bits per heavy atom. The van der Waals surface area contributed by atoms with Crippen LogP contribution in [0.2, 0.25) is 0 Å². The first-order valence-electron chi connectivity index (χ1n) is 5.29. The first-order chi connectivity index (χ1) is 6.50. The van der Waals surface area contributed by atoms with Gasteiger partial charge in [-0.05, 0) is 19.3 Å². The Balaban J connectivity index is 2.41. The summed E-state index contributed by atoms with van der Waals surface area (Å²) in [5.41, 5.74) is 0. The van der Waals surface area contributed by atoms with Crippen LogP contribution in [0.3, 0.4) is 0 Å². The van der Waals surface area contributed by atoms with Gasteiger partial charge in [0.2, 0.25) is 5.91 Å². The smallest absolute Gasteiger partial charge is 0.225 e. The molecule has 80 valence electrons. The summed E-state index contributed by atoms with van der Waals surface area (Å²) in [5.74, 6) is 0.922. The molecule has 0 N–H and O–H groups in total. The largest absolute Gasteiger partial charge is 0.342 e. The molecule has 0 aromatic rings. The van der Waals surface area contributed by atoms with E-state index in [1.807, 2.05) is 18.7 Å². The second-order valence-corrected chi connectivity index (χ2v) is 4.50. The Morgan fingerprint density at radius 1 is 1.43 bits per heavy atom. The molecule has 0 bridgehead atoms. The van der Waals surface area contributed by atoms with Crippen molar-refractivity contribution in [3.05, 3.63) is 0 Å². The van der Waals surface area contributed by atoms with Crippen molar-refractivity contribution >= 4 is 11.7 Å². The molecule has 1 rings (SSSR count). The van der Waals surface area contributed by atoms with Crippen molar-refractivity contribution in [1.29, 1.82) is 0 Å². The summed E-state index contributed by atoms with van der Waals surface area (Å²) in [4.78, 5) is 24.4. The van der Waals surface area contributed by atoms with Gasteiger partial charge in [-0.2, -0.15) is 0 Å². The molecule has 3 nitrogen and oxygen atoms in total. The minimum absolute atomic E-state index is 0.0751. The highest BCUT2D eigenvalue weighted by molar-refractivity contribution is 5.79. The molecule has 1 amide bonds. The standard InChI is InChI=1S/C11H19NO2/c1-8(2)11(14)12-5-4-10(7-12)6-9(3)13/h8,10H,4-7H2,1-3H3. The van der Waals surface area contributed by atoms with Crippen molar-refractivity contribution in [1.82, 2.24) is 4.90 Å². The van der Waals surface area contributed by atoms with E-state index < -0.39 is 0 Å². The summed E-state index contributed by atoms with van der Waals surface area (Å²) in [6, 6.07) is 0. The Morgan fingerprint density at radius 3 is 2.57 bits per heavy atom. The van der Waals surface area contributed by atoms with Crippen LogP contribution in [0, 0.1) is 11.8 Å². The van der Waals surface area contributed by atoms with E-state index in [2.05, 4.69) is 0 Å². The first kappa shape index (κ1) is 11.2. The molecule has 1 unspecified atom stereocenters. The van der Waals surface area contributed by atoms with Crippen LogP contribution in [0.15, 0.2) is 0 Å². The van der Waals surface area contributed by atoms with Crippen molar-refractivity contribution in [2.24, 2.45) is 11.8 Å². The maximum atomic E-state index is 11.6. The Labute approximate surface area is 85.5 Å². The van der Waals surface area contributed by atoms with Gasteiger partial charge in [0.15, 0.2) is 0 Å². The van der Waals surface area contributed by atoms with E-state index in [1.165, 1.54) is 0 Å². The maximum absolute atomic E-state index is 11.6. The fourth-order valence-corrected chi connectivity index (χ4v) is 1.97. The van der Waals surface area contributed by atoms with E-state index in [9.17, 15) is 9.59 Å². The molecule has 14 heavy (non-hydrogen) atoms. The number of rotatable bonds is 3. The highest BCUT2D eigenvalue weighted by atomic mass is 16.2. The highest BCUT2D eigenvalue weighted by Crippen LogP contribution is 2.21. The predicted molar refractivity (Wildman–Crippen MR) is 54.8 cm³/mol. The van der Waals surface area contributed by atoms with E-state index in [0.717, 1.165) is 19.5 Å². The molecule has 0 aliphatic carbocycles. The first-order valence-corrected chi connectivity index (χ1v) is 5.29. The molecule has 1 atom stereocenters. The average Bonchev–Trinajstić information content (AvgIpc) is 2.50. The van der Waals surface area contributed by atoms with Crippen LogP contribution in [0.25, 0.3) is 0 Å². The number of ketones is 1. The predicted octanol–water partition coefficient (Wildman–Crippen LogP) is 1.47. The zero-order chi connectivity index (χ0) is 10.7. The molecule has 0 aromatic heterocycles. The summed E-state index contributed by atoms with van der Waals surface area (Å²) < 4.78 is 0. The average molecular weight is 197 g/mol. The molecule has 0 radical (unpaired) electrons. The summed E-state index contributed by atoms with van der Waals surface area (Å²) in [7, 11) is 0. The van der Waals surface area contributed by atoms with Crippen LogP contribution in [0.4, 0.5) is 0 Å². The second-order valence-electron chi connectivity index (χ2n) is 4.50. The molecule has 1 saturated heterocycles. The van der Waals surface area contributed by atoms with Crippen LogP contribution in [0.5, 0.6) is 0 Å². The molecule has 0 spiro atoms.